The Hall–Kier alpha value is -0.900. The Labute approximate surface area is 104 Å². The molecule has 16 heavy (non-hydrogen) atoms. The number of aliphatic hydroxyl groups is 1. The summed E-state index contributed by atoms with van der Waals surface area (Å²) in [5.74, 6) is 0. The van der Waals surface area contributed by atoms with Crippen molar-refractivity contribution in [2.24, 2.45) is 0 Å². The van der Waals surface area contributed by atoms with E-state index in [9.17, 15) is 5.11 Å². The third kappa shape index (κ3) is 2.61. The minimum absolute atomic E-state index is 0.511. The van der Waals surface area contributed by atoms with E-state index in [0.29, 0.717) is 6.42 Å². The smallest absolute Gasteiger partial charge is 0.0931 e. The minimum atomic E-state index is -0.511. The first-order valence-corrected chi connectivity index (χ1v) is 6.20. The lowest BCUT2D eigenvalue weighted by atomic mass is 10.0. The minimum Gasteiger partial charge on any atom is -0.388 e. The van der Waals surface area contributed by atoms with Crippen LogP contribution in [0.4, 0.5) is 0 Å². The van der Waals surface area contributed by atoms with Gasteiger partial charge in [-0.25, -0.2) is 0 Å². The van der Waals surface area contributed by atoms with Crippen LogP contribution in [0.5, 0.6) is 0 Å². The van der Waals surface area contributed by atoms with Gasteiger partial charge in [-0.2, -0.15) is 0 Å². The van der Waals surface area contributed by atoms with E-state index in [1.807, 2.05) is 31.2 Å². The molecule has 1 unspecified atom stereocenters. The highest BCUT2D eigenvalue weighted by atomic mass is 35.5. The zero-order valence-electron chi connectivity index (χ0n) is 8.85. The molecule has 0 radical (unpaired) electrons. The zero-order chi connectivity index (χ0) is 11.5. The van der Waals surface area contributed by atoms with E-state index in [1.165, 1.54) is 11.3 Å². The van der Waals surface area contributed by atoms with E-state index >= 15 is 0 Å². The molecule has 0 saturated heterocycles. The van der Waals surface area contributed by atoms with E-state index in [-0.39, 0.29) is 0 Å². The van der Waals surface area contributed by atoms with Crippen LogP contribution in [-0.4, -0.2) is 10.1 Å². The van der Waals surface area contributed by atoms with Crippen LogP contribution in [0.2, 0.25) is 4.34 Å². The maximum absolute atomic E-state index is 10.1. The molecule has 0 fully saturated rings. The first-order valence-electron chi connectivity index (χ1n) is 5.00. The molecule has 0 aliphatic rings. The average Bonchev–Trinajstić information content (AvgIpc) is 2.64. The maximum atomic E-state index is 10.1. The SMILES string of the molecule is Cc1ncccc1C(O)Cc1ccc(Cl)s1. The molecule has 0 aromatic carbocycles. The number of aromatic nitrogens is 1. The fourth-order valence-corrected chi connectivity index (χ4v) is 2.73. The summed E-state index contributed by atoms with van der Waals surface area (Å²) in [5, 5.41) is 10.1. The van der Waals surface area contributed by atoms with Gasteiger partial charge in [0.2, 0.25) is 0 Å². The number of rotatable bonds is 3. The van der Waals surface area contributed by atoms with Gasteiger partial charge in [0.05, 0.1) is 10.4 Å². The second kappa shape index (κ2) is 4.95. The Kier molecular flexibility index (Phi) is 3.59. The van der Waals surface area contributed by atoms with Crippen molar-refractivity contribution in [3.8, 4) is 0 Å². The molecule has 0 spiro atoms. The van der Waals surface area contributed by atoms with Gasteiger partial charge in [-0.3, -0.25) is 4.98 Å². The van der Waals surface area contributed by atoms with Crippen LogP contribution in [0, 0.1) is 6.92 Å². The lowest BCUT2D eigenvalue weighted by molar-refractivity contribution is 0.178. The van der Waals surface area contributed by atoms with Gasteiger partial charge in [0.15, 0.2) is 0 Å². The number of thiophene rings is 1. The summed E-state index contributed by atoms with van der Waals surface area (Å²) in [6.45, 7) is 1.90. The van der Waals surface area contributed by atoms with Crippen LogP contribution < -0.4 is 0 Å². The monoisotopic (exact) mass is 253 g/mol. The second-order valence-electron chi connectivity index (χ2n) is 3.60. The largest absolute Gasteiger partial charge is 0.388 e. The summed E-state index contributed by atoms with van der Waals surface area (Å²) < 4.78 is 0.755. The number of hydrogen-bond acceptors (Lipinski definition) is 3. The van der Waals surface area contributed by atoms with Crippen LogP contribution in [0.1, 0.15) is 22.2 Å². The van der Waals surface area contributed by atoms with E-state index in [2.05, 4.69) is 4.98 Å². The molecule has 0 aliphatic carbocycles. The number of aryl methyl sites for hydroxylation is 1. The molecule has 0 bridgehead atoms. The van der Waals surface area contributed by atoms with E-state index in [4.69, 9.17) is 11.6 Å². The van der Waals surface area contributed by atoms with Gasteiger partial charge in [0, 0.05) is 28.8 Å². The highest BCUT2D eigenvalue weighted by Crippen LogP contribution is 2.27. The van der Waals surface area contributed by atoms with Crippen molar-refractivity contribution in [1.29, 1.82) is 0 Å². The van der Waals surface area contributed by atoms with Crippen LogP contribution in [0.3, 0.4) is 0 Å². The number of halogens is 1. The molecule has 4 heteroatoms. The summed E-state index contributed by atoms with van der Waals surface area (Å²) in [4.78, 5) is 5.25. The number of pyridine rings is 1. The Morgan fingerprint density at radius 1 is 1.44 bits per heavy atom. The van der Waals surface area contributed by atoms with Crippen molar-refractivity contribution in [3.05, 3.63) is 50.9 Å². The Bertz CT molecular complexity index is 483. The summed E-state index contributed by atoms with van der Waals surface area (Å²) >= 11 is 7.35. The van der Waals surface area contributed by atoms with Crippen molar-refractivity contribution in [3.63, 3.8) is 0 Å². The summed E-state index contributed by atoms with van der Waals surface area (Å²) in [6.07, 6.45) is 1.81. The maximum Gasteiger partial charge on any atom is 0.0931 e. The van der Waals surface area contributed by atoms with Crippen molar-refractivity contribution in [1.82, 2.24) is 4.98 Å². The normalized spacial score (nSPS) is 12.7. The molecule has 2 aromatic rings. The van der Waals surface area contributed by atoms with E-state index < -0.39 is 6.10 Å². The molecule has 84 valence electrons. The number of hydrogen-bond donors (Lipinski definition) is 1. The third-order valence-corrected chi connectivity index (χ3v) is 3.68. The first-order chi connectivity index (χ1) is 7.66. The molecular weight excluding hydrogens is 242 g/mol. The molecule has 2 aromatic heterocycles. The molecule has 0 aliphatic heterocycles. The first kappa shape index (κ1) is 11.6. The van der Waals surface area contributed by atoms with Gasteiger partial charge in [0.25, 0.3) is 0 Å². The molecule has 2 nitrogen and oxygen atoms in total. The van der Waals surface area contributed by atoms with Crippen molar-refractivity contribution in [2.45, 2.75) is 19.4 Å². The highest BCUT2D eigenvalue weighted by Gasteiger charge is 2.12. The van der Waals surface area contributed by atoms with E-state index in [1.54, 1.807) is 6.20 Å². The zero-order valence-corrected chi connectivity index (χ0v) is 10.4. The van der Waals surface area contributed by atoms with Crippen molar-refractivity contribution >= 4 is 22.9 Å². The predicted molar refractivity (Wildman–Crippen MR) is 67.0 cm³/mol. The van der Waals surface area contributed by atoms with Gasteiger partial charge in [-0.15, -0.1) is 11.3 Å². The quantitative estimate of drug-likeness (QED) is 0.910. The molecule has 1 atom stereocenters. The van der Waals surface area contributed by atoms with Crippen molar-refractivity contribution in [2.75, 3.05) is 0 Å². The predicted octanol–water partition coefficient (Wildman–Crippen LogP) is 3.38. The van der Waals surface area contributed by atoms with Gasteiger partial charge in [-0.05, 0) is 25.1 Å². The lowest BCUT2D eigenvalue weighted by Gasteiger charge is -2.11. The Balaban J connectivity index is 2.14. The van der Waals surface area contributed by atoms with Gasteiger partial charge >= 0.3 is 0 Å². The van der Waals surface area contributed by atoms with Gasteiger partial charge < -0.3 is 5.11 Å². The summed E-state index contributed by atoms with van der Waals surface area (Å²) in [6, 6.07) is 7.54. The van der Waals surface area contributed by atoms with Gasteiger partial charge in [0.1, 0.15) is 0 Å². The standard InChI is InChI=1S/C12H12ClNOS/c1-8-10(3-2-6-14-8)11(15)7-9-4-5-12(13)16-9/h2-6,11,15H,7H2,1H3. The van der Waals surface area contributed by atoms with Gasteiger partial charge in [-0.1, -0.05) is 17.7 Å². The molecule has 2 heterocycles. The molecule has 2 rings (SSSR count). The highest BCUT2D eigenvalue weighted by molar-refractivity contribution is 7.16. The average molecular weight is 254 g/mol. The van der Waals surface area contributed by atoms with Crippen LogP contribution in [0.25, 0.3) is 0 Å². The molecular formula is C12H12ClNOS. The van der Waals surface area contributed by atoms with Crippen molar-refractivity contribution < 1.29 is 5.11 Å². The Morgan fingerprint density at radius 3 is 2.88 bits per heavy atom. The van der Waals surface area contributed by atoms with Crippen LogP contribution in [-0.2, 0) is 6.42 Å². The molecule has 0 saturated carbocycles. The molecule has 0 amide bonds. The lowest BCUT2D eigenvalue weighted by Crippen LogP contribution is -2.03. The molecule has 1 N–H and O–H groups in total. The fourth-order valence-electron chi connectivity index (χ4n) is 1.61. The summed E-state index contributed by atoms with van der Waals surface area (Å²) in [7, 11) is 0. The number of aliphatic hydroxyl groups excluding tert-OH is 1. The Morgan fingerprint density at radius 2 is 2.25 bits per heavy atom. The summed E-state index contributed by atoms with van der Waals surface area (Å²) in [5.41, 5.74) is 1.75. The van der Waals surface area contributed by atoms with E-state index in [0.717, 1.165) is 20.5 Å². The second-order valence-corrected chi connectivity index (χ2v) is 5.40. The topological polar surface area (TPSA) is 33.1 Å². The third-order valence-electron chi connectivity index (χ3n) is 2.43. The number of nitrogens with zero attached hydrogens (tertiary/aromatic N) is 1. The van der Waals surface area contributed by atoms with Crippen LogP contribution in [0.15, 0.2) is 30.5 Å². The van der Waals surface area contributed by atoms with Crippen LogP contribution >= 0.6 is 22.9 Å². The fraction of sp³-hybridized carbons (Fsp3) is 0.250.